The number of nitrogens with zero attached hydrogens (tertiary/aromatic N) is 4. The smallest absolute Gasteiger partial charge is 0.254 e. The van der Waals surface area contributed by atoms with Crippen molar-refractivity contribution < 1.29 is 9.53 Å². The van der Waals surface area contributed by atoms with Gasteiger partial charge in [-0.2, -0.15) is 0 Å². The first-order valence-electron chi connectivity index (χ1n) is 14.5. The molecule has 44 heavy (non-hydrogen) atoms. The van der Waals surface area contributed by atoms with E-state index >= 15 is 0 Å². The van der Waals surface area contributed by atoms with E-state index in [-0.39, 0.29) is 27.6 Å². The lowest BCUT2D eigenvalue weighted by Crippen LogP contribution is -2.31. The van der Waals surface area contributed by atoms with Crippen molar-refractivity contribution in [3.05, 3.63) is 129 Å². The second kappa shape index (κ2) is 13.6. The maximum absolute atomic E-state index is 12.8. The third kappa shape index (κ3) is 6.78. The van der Waals surface area contributed by atoms with Gasteiger partial charge < -0.3 is 15.0 Å². The summed E-state index contributed by atoms with van der Waals surface area (Å²) in [5.41, 5.74) is 6.80. The summed E-state index contributed by atoms with van der Waals surface area (Å²) in [6, 6.07) is 20.5. The normalized spacial score (nSPS) is 14.3. The van der Waals surface area contributed by atoms with Crippen molar-refractivity contribution in [1.29, 1.82) is 0 Å². The Hall–Kier alpha value is -4.24. The van der Waals surface area contributed by atoms with Crippen molar-refractivity contribution in [2.24, 2.45) is 0 Å². The average Bonchev–Trinajstić information content (AvgIpc) is 3.52. The highest BCUT2D eigenvalue weighted by molar-refractivity contribution is 6.39. The van der Waals surface area contributed by atoms with E-state index < -0.39 is 0 Å². The number of ether oxygens (including phenoxy) is 1. The van der Waals surface area contributed by atoms with Crippen LogP contribution in [-0.2, 0) is 26.1 Å². The monoisotopic (exact) mass is 626 g/mol. The van der Waals surface area contributed by atoms with Crippen LogP contribution in [0.1, 0.15) is 57.3 Å². The van der Waals surface area contributed by atoms with Crippen LogP contribution < -0.4 is 10.1 Å². The van der Waals surface area contributed by atoms with Gasteiger partial charge in [0, 0.05) is 55.7 Å². The van der Waals surface area contributed by atoms with Gasteiger partial charge in [-0.25, -0.2) is 4.98 Å². The molecule has 1 aliphatic carbocycles. The number of fused-ring (bicyclic) bond motifs is 1. The van der Waals surface area contributed by atoms with Crippen molar-refractivity contribution in [1.82, 2.24) is 30.2 Å². The molecular weight excluding hydrogens is 595 g/mol. The van der Waals surface area contributed by atoms with Crippen LogP contribution in [0.2, 0.25) is 10.0 Å². The molecule has 5 aromatic rings. The highest BCUT2D eigenvalue weighted by Gasteiger charge is 2.28. The minimum atomic E-state index is -0.341. The van der Waals surface area contributed by atoms with Crippen LogP contribution >= 0.6 is 23.2 Å². The second-order valence-corrected chi connectivity index (χ2v) is 11.6. The van der Waals surface area contributed by atoms with Crippen LogP contribution in [0, 0.1) is 0 Å². The molecule has 1 atom stereocenters. The van der Waals surface area contributed by atoms with E-state index in [1.165, 1.54) is 18.0 Å². The van der Waals surface area contributed by atoms with Crippen LogP contribution in [-0.4, -0.2) is 37.9 Å². The third-order valence-electron chi connectivity index (χ3n) is 7.88. The van der Waals surface area contributed by atoms with Crippen molar-refractivity contribution >= 4 is 29.1 Å². The van der Waals surface area contributed by atoms with E-state index in [4.69, 9.17) is 32.9 Å². The fourth-order valence-corrected chi connectivity index (χ4v) is 6.28. The number of hydrogen-bond acceptors (Lipinski definition) is 6. The minimum Gasteiger partial charge on any atom is -0.497 e. The molecule has 1 aliphatic rings. The zero-order valence-electron chi connectivity index (χ0n) is 24.3. The molecule has 1 unspecified atom stereocenters. The third-order valence-corrected chi connectivity index (χ3v) is 8.46. The molecule has 2 aromatic carbocycles. The number of pyridine rings is 2. The van der Waals surface area contributed by atoms with Gasteiger partial charge in [-0.3, -0.25) is 19.7 Å². The Morgan fingerprint density at radius 3 is 2.59 bits per heavy atom. The summed E-state index contributed by atoms with van der Waals surface area (Å²) >= 11 is 12.4. The Morgan fingerprint density at radius 1 is 1.00 bits per heavy atom. The van der Waals surface area contributed by atoms with Crippen LogP contribution in [0.3, 0.4) is 0 Å². The fraction of sp³-hybridized carbons (Fsp3) is 0.235. The zero-order chi connectivity index (χ0) is 30.5. The first kappa shape index (κ1) is 29.8. The molecule has 0 spiro atoms. The molecule has 0 aliphatic heterocycles. The Bertz CT molecular complexity index is 1740. The van der Waals surface area contributed by atoms with E-state index in [1.807, 2.05) is 54.9 Å². The number of nitrogens with one attached hydrogen (secondary N) is 2. The van der Waals surface area contributed by atoms with Gasteiger partial charge >= 0.3 is 0 Å². The first-order chi connectivity index (χ1) is 21.5. The first-order valence-corrected chi connectivity index (χ1v) is 15.2. The van der Waals surface area contributed by atoms with E-state index in [1.54, 1.807) is 7.11 Å². The van der Waals surface area contributed by atoms with Crippen molar-refractivity contribution in [3.63, 3.8) is 0 Å². The quantitative estimate of drug-likeness (QED) is 0.170. The van der Waals surface area contributed by atoms with Crippen LogP contribution in [0.5, 0.6) is 5.75 Å². The van der Waals surface area contributed by atoms with E-state index in [0.717, 1.165) is 58.9 Å². The lowest BCUT2D eigenvalue weighted by Gasteiger charge is -2.35. The number of halogens is 2. The number of rotatable bonds is 10. The van der Waals surface area contributed by atoms with Gasteiger partial charge in [0.25, 0.3) is 5.91 Å². The number of methoxy groups -OCH3 is 1. The summed E-state index contributed by atoms with van der Waals surface area (Å²) in [4.78, 5) is 32.3. The zero-order valence-corrected chi connectivity index (χ0v) is 25.8. The summed E-state index contributed by atoms with van der Waals surface area (Å²) in [6.45, 7) is 1.70. The minimum absolute atomic E-state index is 0.159. The molecule has 8 nitrogen and oxygen atoms in total. The number of aromatic nitrogens is 4. The number of imidazole rings is 1. The van der Waals surface area contributed by atoms with Crippen LogP contribution in [0.25, 0.3) is 11.4 Å². The molecule has 0 radical (unpaired) electrons. The Labute approximate surface area is 266 Å². The molecule has 0 saturated carbocycles. The number of carbonyl (C=O) groups excluding carboxylic acids is 1. The Balaban J connectivity index is 1.22. The molecule has 6 rings (SSSR count). The molecule has 10 heteroatoms. The highest BCUT2D eigenvalue weighted by atomic mass is 35.5. The average molecular weight is 628 g/mol. The van der Waals surface area contributed by atoms with E-state index in [0.29, 0.717) is 19.6 Å². The van der Waals surface area contributed by atoms with Gasteiger partial charge in [-0.05, 0) is 66.3 Å². The maximum atomic E-state index is 12.8. The van der Waals surface area contributed by atoms with Crippen LogP contribution in [0.15, 0.2) is 85.5 Å². The number of aromatic amines is 1. The number of benzene rings is 2. The van der Waals surface area contributed by atoms with Crippen molar-refractivity contribution in [2.45, 2.75) is 44.9 Å². The van der Waals surface area contributed by atoms with Gasteiger partial charge in [-0.15, -0.1) is 0 Å². The Kier molecular flexibility index (Phi) is 9.21. The lowest BCUT2D eigenvalue weighted by atomic mass is 9.90. The fourth-order valence-electron chi connectivity index (χ4n) is 5.74. The molecule has 1 amide bonds. The molecule has 2 N–H and O–H groups in total. The summed E-state index contributed by atoms with van der Waals surface area (Å²) in [6.07, 6.45) is 9.79. The van der Waals surface area contributed by atoms with E-state index in [2.05, 4.69) is 43.4 Å². The Morgan fingerprint density at radius 2 is 1.80 bits per heavy atom. The van der Waals surface area contributed by atoms with Gasteiger partial charge in [0.1, 0.15) is 11.6 Å². The SMILES string of the molecule is COc1ccc(-c2ncc(CN(Cc3cccc(CNC(=O)c4c(Cl)cncc4Cl)c3)C3CCCc4cccnc43)[nH]2)cc1. The van der Waals surface area contributed by atoms with Crippen molar-refractivity contribution in [3.8, 4) is 17.1 Å². The molecular formula is C34H32Cl2N6O2. The molecule has 0 fully saturated rings. The molecule has 0 saturated heterocycles. The molecule has 3 heterocycles. The van der Waals surface area contributed by atoms with Gasteiger partial charge in [-0.1, -0.05) is 53.5 Å². The molecule has 3 aromatic heterocycles. The summed E-state index contributed by atoms with van der Waals surface area (Å²) in [5.74, 6) is 1.28. The number of hydrogen-bond donors (Lipinski definition) is 2. The number of carbonyl (C=O) groups is 1. The lowest BCUT2D eigenvalue weighted by molar-refractivity contribution is 0.0951. The van der Waals surface area contributed by atoms with Gasteiger partial charge in [0.15, 0.2) is 0 Å². The predicted molar refractivity (Wildman–Crippen MR) is 172 cm³/mol. The van der Waals surface area contributed by atoms with Crippen molar-refractivity contribution in [2.75, 3.05) is 7.11 Å². The van der Waals surface area contributed by atoms with Gasteiger partial charge in [0.05, 0.1) is 34.5 Å². The summed E-state index contributed by atoms with van der Waals surface area (Å²) < 4.78 is 5.30. The second-order valence-electron chi connectivity index (χ2n) is 10.8. The van der Waals surface area contributed by atoms with Gasteiger partial charge in [0.2, 0.25) is 0 Å². The van der Waals surface area contributed by atoms with Crippen LogP contribution in [0.4, 0.5) is 0 Å². The number of aryl methyl sites for hydroxylation is 1. The predicted octanol–water partition coefficient (Wildman–Crippen LogP) is 7.19. The standard InChI is InChI=1S/C34H32Cl2N6O2/c1-44-27-12-10-25(11-13-27)33-39-17-26(41-33)21-42(30-9-3-7-24-8-4-14-38-32(24)30)20-23-6-2-5-22(15-23)16-40-34(43)31-28(35)18-37-19-29(31)36/h2,4-6,8,10-15,17-19,30H,3,7,9,16,20-21H2,1H3,(H,39,41)(H,40,43). The summed E-state index contributed by atoms with van der Waals surface area (Å²) in [7, 11) is 1.66. The molecule has 0 bridgehead atoms. The summed E-state index contributed by atoms with van der Waals surface area (Å²) in [5, 5.41) is 3.37. The number of H-pyrrole nitrogens is 1. The van der Waals surface area contributed by atoms with E-state index in [9.17, 15) is 4.79 Å². The molecule has 224 valence electrons. The highest BCUT2D eigenvalue weighted by Crippen LogP contribution is 2.35. The largest absolute Gasteiger partial charge is 0.497 e. The topological polar surface area (TPSA) is 96.0 Å². The maximum Gasteiger partial charge on any atom is 0.254 e. The number of amides is 1.